The second kappa shape index (κ2) is 6.04. The first-order valence-corrected chi connectivity index (χ1v) is 7.76. The highest BCUT2D eigenvalue weighted by molar-refractivity contribution is 9.11. The molecule has 0 spiro atoms. The number of hydrogen-bond acceptors (Lipinski definition) is 6. The Labute approximate surface area is 128 Å². The number of aromatic nitrogens is 2. The first-order chi connectivity index (χ1) is 9.53. The summed E-state index contributed by atoms with van der Waals surface area (Å²) in [6, 6.07) is -0.290. The molecule has 0 bridgehead atoms. The van der Waals surface area contributed by atoms with Gasteiger partial charge in [-0.2, -0.15) is 0 Å². The SMILES string of the molecule is CCNC(=O)N(Cc1nnc(Br)s1)C1(C(=O)OC)CC1. The van der Waals surface area contributed by atoms with Gasteiger partial charge in [-0.3, -0.25) is 0 Å². The number of rotatable bonds is 5. The smallest absolute Gasteiger partial charge is 0.331 e. The molecule has 0 aliphatic heterocycles. The zero-order chi connectivity index (χ0) is 14.8. The molecule has 0 saturated heterocycles. The third kappa shape index (κ3) is 2.93. The van der Waals surface area contributed by atoms with Gasteiger partial charge in [-0.15, -0.1) is 10.2 Å². The number of carbonyl (C=O) groups is 2. The molecule has 20 heavy (non-hydrogen) atoms. The minimum absolute atomic E-state index is 0.240. The molecule has 2 amide bonds. The van der Waals surface area contributed by atoms with Gasteiger partial charge in [0.05, 0.1) is 13.7 Å². The Kier molecular flexibility index (Phi) is 4.59. The molecule has 1 aliphatic rings. The molecule has 1 saturated carbocycles. The van der Waals surface area contributed by atoms with Crippen molar-refractivity contribution in [1.29, 1.82) is 0 Å². The van der Waals surface area contributed by atoms with Gasteiger partial charge < -0.3 is 15.0 Å². The fraction of sp³-hybridized carbons (Fsp3) is 0.636. The maximum Gasteiger partial charge on any atom is 0.331 e. The normalized spacial score (nSPS) is 15.6. The van der Waals surface area contributed by atoms with Crippen LogP contribution in [-0.4, -0.2) is 46.3 Å². The lowest BCUT2D eigenvalue weighted by Gasteiger charge is -2.29. The standard InChI is InChI=1S/C11H15BrN4O3S/c1-3-13-10(18)16(6-7-14-15-9(12)20-7)11(4-5-11)8(17)19-2/h3-6H2,1-2H3,(H,13,18). The Morgan fingerprint density at radius 1 is 1.50 bits per heavy atom. The quantitative estimate of drug-likeness (QED) is 0.803. The summed E-state index contributed by atoms with van der Waals surface area (Å²) in [7, 11) is 1.33. The van der Waals surface area contributed by atoms with E-state index in [1.165, 1.54) is 23.3 Å². The number of nitrogens with zero attached hydrogens (tertiary/aromatic N) is 3. The van der Waals surface area contributed by atoms with Crippen LogP contribution in [0.2, 0.25) is 0 Å². The molecule has 110 valence electrons. The number of esters is 1. The molecule has 9 heteroatoms. The predicted octanol–water partition coefficient (Wildman–Crippen LogP) is 1.54. The van der Waals surface area contributed by atoms with Crippen molar-refractivity contribution in [2.45, 2.75) is 31.8 Å². The van der Waals surface area contributed by atoms with Crippen molar-refractivity contribution in [2.24, 2.45) is 0 Å². The van der Waals surface area contributed by atoms with Gasteiger partial charge in [0.1, 0.15) is 10.5 Å². The van der Waals surface area contributed by atoms with Crippen molar-refractivity contribution >= 4 is 39.3 Å². The lowest BCUT2D eigenvalue weighted by molar-refractivity contribution is -0.147. The number of nitrogens with one attached hydrogen (secondary N) is 1. The van der Waals surface area contributed by atoms with Gasteiger partial charge in [0, 0.05) is 6.54 Å². The number of halogens is 1. The van der Waals surface area contributed by atoms with E-state index < -0.39 is 5.54 Å². The molecule has 0 unspecified atom stereocenters. The average Bonchev–Trinajstić information content (AvgIpc) is 3.13. The van der Waals surface area contributed by atoms with Gasteiger partial charge in [-0.05, 0) is 35.7 Å². The van der Waals surface area contributed by atoms with Crippen molar-refractivity contribution in [1.82, 2.24) is 20.4 Å². The molecular formula is C11H15BrN4O3S. The topological polar surface area (TPSA) is 84.4 Å². The average molecular weight is 363 g/mol. The summed E-state index contributed by atoms with van der Waals surface area (Å²) in [5.41, 5.74) is -0.855. The Morgan fingerprint density at radius 2 is 2.20 bits per heavy atom. The van der Waals surface area contributed by atoms with Crippen molar-refractivity contribution in [3.63, 3.8) is 0 Å². The molecule has 7 nitrogen and oxygen atoms in total. The number of urea groups is 1. The van der Waals surface area contributed by atoms with Gasteiger partial charge in [0.15, 0.2) is 3.92 Å². The van der Waals surface area contributed by atoms with Gasteiger partial charge in [-0.1, -0.05) is 11.3 Å². The lowest BCUT2D eigenvalue weighted by atomic mass is 10.2. The van der Waals surface area contributed by atoms with E-state index in [2.05, 4.69) is 31.4 Å². The molecule has 1 heterocycles. The molecule has 0 atom stereocenters. The van der Waals surface area contributed by atoms with Crippen LogP contribution in [0.25, 0.3) is 0 Å². The number of carbonyl (C=O) groups excluding carboxylic acids is 2. The van der Waals surface area contributed by atoms with Crippen LogP contribution in [0.15, 0.2) is 3.92 Å². The number of amides is 2. The fourth-order valence-electron chi connectivity index (χ4n) is 1.99. The highest BCUT2D eigenvalue weighted by Crippen LogP contribution is 2.44. The van der Waals surface area contributed by atoms with Gasteiger partial charge in [0.25, 0.3) is 0 Å². The first kappa shape index (κ1) is 15.2. The van der Waals surface area contributed by atoms with Crippen LogP contribution in [-0.2, 0) is 16.1 Å². The molecule has 1 aromatic rings. The second-order valence-electron chi connectivity index (χ2n) is 4.39. The van der Waals surface area contributed by atoms with Gasteiger partial charge >= 0.3 is 12.0 Å². The largest absolute Gasteiger partial charge is 0.467 e. The van der Waals surface area contributed by atoms with Crippen LogP contribution in [0.1, 0.15) is 24.8 Å². The zero-order valence-electron chi connectivity index (χ0n) is 11.2. The van der Waals surface area contributed by atoms with Crippen LogP contribution >= 0.6 is 27.3 Å². The number of ether oxygens (including phenoxy) is 1. The van der Waals surface area contributed by atoms with Gasteiger partial charge in [-0.25, -0.2) is 9.59 Å². The summed E-state index contributed by atoms with van der Waals surface area (Å²) in [5.74, 6) is -0.382. The first-order valence-electron chi connectivity index (χ1n) is 6.15. The molecular weight excluding hydrogens is 348 g/mol. The van der Waals surface area contributed by atoms with E-state index in [4.69, 9.17) is 4.74 Å². The van der Waals surface area contributed by atoms with Crippen molar-refractivity contribution in [2.75, 3.05) is 13.7 Å². The molecule has 1 N–H and O–H groups in total. The van der Waals surface area contributed by atoms with E-state index >= 15 is 0 Å². The van der Waals surface area contributed by atoms with Crippen LogP contribution in [0, 0.1) is 0 Å². The Morgan fingerprint density at radius 3 is 2.65 bits per heavy atom. The zero-order valence-corrected chi connectivity index (χ0v) is 13.6. The molecule has 1 aliphatic carbocycles. The van der Waals surface area contributed by atoms with Crippen molar-refractivity contribution in [3.8, 4) is 0 Å². The summed E-state index contributed by atoms with van der Waals surface area (Å²) in [4.78, 5) is 25.7. The van der Waals surface area contributed by atoms with E-state index in [0.717, 1.165) is 0 Å². The molecule has 1 aromatic heterocycles. The van der Waals surface area contributed by atoms with E-state index in [1.807, 2.05) is 6.92 Å². The second-order valence-corrected chi connectivity index (χ2v) is 6.73. The van der Waals surface area contributed by atoms with Crippen LogP contribution in [0.5, 0.6) is 0 Å². The fourth-order valence-corrected chi connectivity index (χ4v) is 3.18. The summed E-state index contributed by atoms with van der Waals surface area (Å²) >= 11 is 4.57. The summed E-state index contributed by atoms with van der Waals surface area (Å²) < 4.78 is 5.47. The highest BCUT2D eigenvalue weighted by atomic mass is 79.9. The molecule has 0 radical (unpaired) electrons. The Hall–Kier alpha value is -1.22. The number of hydrogen-bond donors (Lipinski definition) is 1. The summed E-state index contributed by atoms with van der Waals surface area (Å²) in [5, 5.41) is 11.2. The van der Waals surface area contributed by atoms with Gasteiger partial charge in [0.2, 0.25) is 0 Å². The van der Waals surface area contributed by atoms with Crippen molar-refractivity contribution in [3.05, 3.63) is 8.92 Å². The van der Waals surface area contributed by atoms with E-state index in [-0.39, 0.29) is 18.5 Å². The molecule has 0 aromatic carbocycles. The van der Waals surface area contributed by atoms with Crippen molar-refractivity contribution < 1.29 is 14.3 Å². The number of methoxy groups -OCH3 is 1. The van der Waals surface area contributed by atoms with E-state index in [9.17, 15) is 9.59 Å². The highest BCUT2D eigenvalue weighted by Gasteiger charge is 2.58. The predicted molar refractivity (Wildman–Crippen MR) is 76.2 cm³/mol. The maximum atomic E-state index is 12.2. The third-order valence-corrected chi connectivity index (χ3v) is 4.46. The van der Waals surface area contributed by atoms with Crippen LogP contribution < -0.4 is 5.32 Å². The van der Waals surface area contributed by atoms with E-state index in [1.54, 1.807) is 0 Å². The monoisotopic (exact) mass is 362 g/mol. The Balaban J connectivity index is 2.21. The minimum Gasteiger partial charge on any atom is -0.467 e. The molecule has 2 rings (SSSR count). The third-order valence-electron chi connectivity index (χ3n) is 3.11. The Bertz CT molecular complexity index is 518. The lowest BCUT2D eigenvalue weighted by Crippen LogP contribution is -2.51. The molecule has 1 fully saturated rings. The minimum atomic E-state index is -0.855. The summed E-state index contributed by atoms with van der Waals surface area (Å²) in [6.07, 6.45) is 1.22. The maximum absolute atomic E-state index is 12.2. The summed E-state index contributed by atoms with van der Waals surface area (Å²) in [6.45, 7) is 2.56. The van der Waals surface area contributed by atoms with E-state index in [0.29, 0.717) is 28.3 Å². The van der Waals surface area contributed by atoms with Crippen LogP contribution in [0.4, 0.5) is 4.79 Å². The van der Waals surface area contributed by atoms with Crippen LogP contribution in [0.3, 0.4) is 0 Å².